The van der Waals surface area contributed by atoms with Crippen LogP contribution in [0.3, 0.4) is 0 Å². The molecule has 3 rings (SSSR count). The number of carboxylic acids is 1. The lowest BCUT2D eigenvalue weighted by atomic mass is 10.1. The van der Waals surface area contributed by atoms with E-state index in [1.807, 2.05) is 18.2 Å². The van der Waals surface area contributed by atoms with Gasteiger partial charge in [0.05, 0.1) is 6.54 Å². The highest BCUT2D eigenvalue weighted by molar-refractivity contribution is 5.97. The number of carbonyl (C=O) groups is 3. The maximum Gasteiger partial charge on any atom is 0.326 e. The molecular formula is C19H26N4O4. The highest BCUT2D eigenvalue weighted by Gasteiger charge is 2.33. The topological polar surface area (TPSA) is 93.2 Å². The molecule has 27 heavy (non-hydrogen) atoms. The average Bonchev–Trinajstić information content (AvgIpc) is 3.17. The Morgan fingerprint density at radius 3 is 2.59 bits per heavy atom. The van der Waals surface area contributed by atoms with Crippen LogP contribution in [-0.2, 0) is 9.59 Å². The number of aliphatic carboxylic acids is 1. The van der Waals surface area contributed by atoms with E-state index in [4.69, 9.17) is 5.11 Å². The number of hydrogen-bond acceptors (Lipinski definition) is 5. The Labute approximate surface area is 158 Å². The molecule has 1 aromatic rings. The molecule has 2 N–H and O–H groups in total. The van der Waals surface area contributed by atoms with Crippen LogP contribution in [-0.4, -0.2) is 85.0 Å². The van der Waals surface area contributed by atoms with Crippen molar-refractivity contribution in [3.8, 4) is 0 Å². The minimum absolute atomic E-state index is 0.193. The van der Waals surface area contributed by atoms with E-state index >= 15 is 0 Å². The third kappa shape index (κ3) is 4.57. The zero-order valence-corrected chi connectivity index (χ0v) is 15.6. The third-order valence-corrected chi connectivity index (χ3v) is 5.24. The number of piperazine rings is 1. The fourth-order valence-electron chi connectivity index (χ4n) is 3.59. The molecule has 2 aliphatic heterocycles. The molecule has 8 nitrogen and oxygen atoms in total. The van der Waals surface area contributed by atoms with Crippen LogP contribution < -0.4 is 10.2 Å². The van der Waals surface area contributed by atoms with Gasteiger partial charge in [0.2, 0.25) is 5.91 Å². The van der Waals surface area contributed by atoms with Crippen molar-refractivity contribution in [2.45, 2.75) is 18.9 Å². The molecule has 0 spiro atoms. The first-order valence-corrected chi connectivity index (χ1v) is 9.30. The van der Waals surface area contributed by atoms with Crippen molar-refractivity contribution < 1.29 is 19.5 Å². The van der Waals surface area contributed by atoms with E-state index in [0.717, 1.165) is 31.9 Å². The number of rotatable bonds is 5. The largest absolute Gasteiger partial charge is 0.480 e. The molecule has 8 heteroatoms. The molecule has 0 aliphatic carbocycles. The SMILES string of the molecule is CN1CCN(c2cccc(C(=O)NCC(=O)N3CCC[C@H]3C(=O)O)c2)CC1. The third-order valence-electron chi connectivity index (χ3n) is 5.24. The minimum Gasteiger partial charge on any atom is -0.480 e. The lowest BCUT2D eigenvalue weighted by Crippen LogP contribution is -2.45. The molecular weight excluding hydrogens is 348 g/mol. The maximum atomic E-state index is 12.4. The van der Waals surface area contributed by atoms with E-state index in [1.54, 1.807) is 6.07 Å². The molecule has 1 aromatic carbocycles. The summed E-state index contributed by atoms with van der Waals surface area (Å²) >= 11 is 0. The Balaban J connectivity index is 1.57. The Hall–Kier alpha value is -2.61. The van der Waals surface area contributed by atoms with Crippen molar-refractivity contribution in [3.63, 3.8) is 0 Å². The van der Waals surface area contributed by atoms with Gasteiger partial charge in [-0.15, -0.1) is 0 Å². The summed E-state index contributed by atoms with van der Waals surface area (Å²) in [6.07, 6.45) is 1.13. The van der Waals surface area contributed by atoms with Crippen LogP contribution in [0.1, 0.15) is 23.2 Å². The van der Waals surface area contributed by atoms with Crippen molar-refractivity contribution in [1.82, 2.24) is 15.1 Å². The summed E-state index contributed by atoms with van der Waals surface area (Å²) in [6, 6.07) is 6.59. The zero-order chi connectivity index (χ0) is 19.4. The van der Waals surface area contributed by atoms with Crippen molar-refractivity contribution >= 4 is 23.5 Å². The molecule has 1 atom stereocenters. The van der Waals surface area contributed by atoms with E-state index in [2.05, 4.69) is 22.2 Å². The number of hydrogen-bond donors (Lipinski definition) is 2. The Morgan fingerprint density at radius 2 is 1.89 bits per heavy atom. The first kappa shape index (κ1) is 19.2. The van der Waals surface area contributed by atoms with Gasteiger partial charge in [0.1, 0.15) is 6.04 Å². The molecule has 2 aliphatic rings. The van der Waals surface area contributed by atoms with Gasteiger partial charge in [-0.2, -0.15) is 0 Å². The molecule has 2 saturated heterocycles. The van der Waals surface area contributed by atoms with Crippen molar-refractivity contribution in [2.75, 3.05) is 51.2 Å². The van der Waals surface area contributed by atoms with E-state index < -0.39 is 12.0 Å². The van der Waals surface area contributed by atoms with Crippen molar-refractivity contribution in [3.05, 3.63) is 29.8 Å². The van der Waals surface area contributed by atoms with Crippen LogP contribution in [0.2, 0.25) is 0 Å². The normalized spacial score (nSPS) is 20.6. The molecule has 2 heterocycles. The molecule has 146 valence electrons. The number of benzene rings is 1. The van der Waals surface area contributed by atoms with Crippen LogP contribution in [0, 0.1) is 0 Å². The van der Waals surface area contributed by atoms with Gasteiger partial charge in [0.15, 0.2) is 0 Å². The van der Waals surface area contributed by atoms with E-state index in [-0.39, 0.29) is 18.4 Å². The maximum absolute atomic E-state index is 12.4. The quantitative estimate of drug-likeness (QED) is 0.767. The van der Waals surface area contributed by atoms with Gasteiger partial charge in [-0.25, -0.2) is 4.79 Å². The van der Waals surface area contributed by atoms with Crippen LogP contribution >= 0.6 is 0 Å². The first-order chi connectivity index (χ1) is 13.0. The second kappa shape index (κ2) is 8.39. The van der Waals surface area contributed by atoms with Gasteiger partial charge in [-0.3, -0.25) is 9.59 Å². The number of carbonyl (C=O) groups excluding carboxylic acids is 2. The molecule has 0 radical (unpaired) electrons. The molecule has 2 amide bonds. The molecule has 0 bridgehead atoms. The number of anilines is 1. The van der Waals surface area contributed by atoms with Gasteiger partial charge in [0.25, 0.3) is 5.91 Å². The summed E-state index contributed by atoms with van der Waals surface area (Å²) in [6.45, 7) is 4.00. The highest BCUT2D eigenvalue weighted by Crippen LogP contribution is 2.19. The second-order valence-electron chi connectivity index (χ2n) is 7.11. The van der Waals surface area contributed by atoms with Crippen LogP contribution in [0.15, 0.2) is 24.3 Å². The van der Waals surface area contributed by atoms with Crippen molar-refractivity contribution in [2.24, 2.45) is 0 Å². The van der Waals surface area contributed by atoms with Gasteiger partial charge in [-0.05, 0) is 38.1 Å². The standard InChI is InChI=1S/C19H26N4O4/c1-21-8-10-22(11-9-21)15-5-2-4-14(12-15)18(25)20-13-17(24)23-7-3-6-16(23)19(26)27/h2,4-5,12,16H,3,6-11,13H2,1H3,(H,20,25)(H,26,27)/t16-/m0/s1. The first-order valence-electron chi connectivity index (χ1n) is 9.30. The highest BCUT2D eigenvalue weighted by atomic mass is 16.4. The van der Waals surface area contributed by atoms with Gasteiger partial charge >= 0.3 is 5.97 Å². The molecule has 0 unspecified atom stereocenters. The number of amides is 2. The number of likely N-dealkylation sites (N-methyl/N-ethyl adjacent to an activating group) is 1. The van der Waals surface area contributed by atoms with Gasteiger partial charge < -0.3 is 25.1 Å². The second-order valence-corrected chi connectivity index (χ2v) is 7.11. The fourth-order valence-corrected chi connectivity index (χ4v) is 3.59. The van der Waals surface area contributed by atoms with Gasteiger partial charge in [0, 0.05) is 44.0 Å². The number of carboxylic acid groups (broad SMARTS) is 1. The lowest BCUT2D eigenvalue weighted by Gasteiger charge is -2.34. The van der Waals surface area contributed by atoms with E-state index in [1.165, 1.54) is 4.90 Å². The number of nitrogens with one attached hydrogen (secondary N) is 1. The van der Waals surface area contributed by atoms with Crippen LogP contribution in [0.4, 0.5) is 5.69 Å². The summed E-state index contributed by atoms with van der Waals surface area (Å²) in [4.78, 5) is 41.8. The number of likely N-dealkylation sites (tertiary alicyclic amines) is 1. The van der Waals surface area contributed by atoms with Crippen LogP contribution in [0.5, 0.6) is 0 Å². The summed E-state index contributed by atoms with van der Waals surface area (Å²) in [5.41, 5.74) is 1.49. The summed E-state index contributed by atoms with van der Waals surface area (Å²) in [5, 5.41) is 11.8. The predicted molar refractivity (Wildman–Crippen MR) is 101 cm³/mol. The minimum atomic E-state index is -0.993. The smallest absolute Gasteiger partial charge is 0.326 e. The Morgan fingerprint density at radius 1 is 1.15 bits per heavy atom. The van der Waals surface area contributed by atoms with E-state index in [0.29, 0.717) is 24.9 Å². The zero-order valence-electron chi connectivity index (χ0n) is 15.6. The summed E-state index contributed by atoms with van der Waals surface area (Å²) in [5.74, 6) is -1.68. The Kier molecular flexibility index (Phi) is 5.95. The average molecular weight is 374 g/mol. The molecule has 0 saturated carbocycles. The van der Waals surface area contributed by atoms with Crippen molar-refractivity contribution in [1.29, 1.82) is 0 Å². The van der Waals surface area contributed by atoms with Crippen LogP contribution in [0.25, 0.3) is 0 Å². The van der Waals surface area contributed by atoms with E-state index in [9.17, 15) is 14.4 Å². The Bertz CT molecular complexity index is 715. The lowest BCUT2D eigenvalue weighted by molar-refractivity contribution is -0.147. The predicted octanol–water partition coefficient (Wildman–Crippen LogP) is 0.244. The summed E-state index contributed by atoms with van der Waals surface area (Å²) < 4.78 is 0. The fraction of sp³-hybridized carbons (Fsp3) is 0.526. The number of nitrogens with zero attached hydrogens (tertiary/aromatic N) is 3. The molecule has 0 aromatic heterocycles. The molecule has 2 fully saturated rings. The van der Waals surface area contributed by atoms with Gasteiger partial charge in [-0.1, -0.05) is 6.07 Å². The monoisotopic (exact) mass is 374 g/mol. The summed E-state index contributed by atoms with van der Waals surface area (Å²) in [7, 11) is 2.09.